The number of urea groups is 1. The van der Waals surface area contributed by atoms with Crippen molar-refractivity contribution in [2.45, 2.75) is 24.7 Å². The number of para-hydroxylation sites is 1. The maximum atomic E-state index is 15.1. The molecule has 1 aliphatic heterocycles. The first-order valence-electron chi connectivity index (χ1n) is 10.6. The van der Waals surface area contributed by atoms with Gasteiger partial charge in [0, 0.05) is 30.1 Å². The number of primary amides is 1. The predicted octanol–water partition coefficient (Wildman–Crippen LogP) is 2.98. The number of nitrogens with one attached hydrogen (secondary N) is 2. The van der Waals surface area contributed by atoms with Crippen LogP contribution in [-0.2, 0) is 11.3 Å². The Kier molecular flexibility index (Phi) is 6.64. The van der Waals surface area contributed by atoms with Gasteiger partial charge >= 0.3 is 12.1 Å². The summed E-state index contributed by atoms with van der Waals surface area (Å²) in [5, 5.41) is 15.0. The molecule has 12 heteroatoms. The van der Waals surface area contributed by atoms with Gasteiger partial charge in [0.2, 0.25) is 5.91 Å². The van der Waals surface area contributed by atoms with Gasteiger partial charge in [0.15, 0.2) is 5.67 Å². The van der Waals surface area contributed by atoms with Gasteiger partial charge in [-0.3, -0.25) is 9.36 Å². The molecule has 0 bridgehead atoms. The number of amides is 4. The number of likely N-dealkylation sites (tertiary alicyclic amines) is 1. The lowest BCUT2D eigenvalue weighted by Gasteiger charge is -2.24. The topological polar surface area (TPSA) is 130 Å². The largest absolute Gasteiger partial charge is 0.393 e. The van der Waals surface area contributed by atoms with Crippen LogP contribution in [0.3, 0.4) is 0 Å². The van der Waals surface area contributed by atoms with Crippen molar-refractivity contribution in [3.63, 3.8) is 0 Å². The molecule has 1 fully saturated rings. The lowest BCUT2D eigenvalue weighted by atomic mass is 10.0. The Balaban J connectivity index is 1.55. The Bertz CT molecular complexity index is 1320. The van der Waals surface area contributed by atoms with E-state index in [9.17, 15) is 23.9 Å². The van der Waals surface area contributed by atoms with Crippen molar-refractivity contribution < 1.29 is 28.3 Å². The van der Waals surface area contributed by atoms with Crippen molar-refractivity contribution in [3.8, 4) is 0 Å². The number of alkyl halides is 1. The molecule has 0 saturated carbocycles. The number of fused-ring (bicyclic) bond motifs is 1. The zero-order valence-electron chi connectivity index (χ0n) is 18.3. The third kappa shape index (κ3) is 4.77. The van der Waals surface area contributed by atoms with Crippen LogP contribution in [0.5, 0.6) is 0 Å². The van der Waals surface area contributed by atoms with Gasteiger partial charge in [-0.1, -0.05) is 41.9 Å². The molecule has 0 radical (unpaired) electrons. The molecule has 184 valence electrons. The SMILES string of the molecule is NC(=O)n1cc(NC(=O)N2C[C@@](F)(CO)C[C@H]2C(=O)NCc2cccc(Cl)c2F)c2ccccc21. The molecular formula is C23H22ClF2N5O4. The molecule has 2 aromatic carbocycles. The fourth-order valence-electron chi connectivity index (χ4n) is 4.13. The lowest BCUT2D eigenvalue weighted by Crippen LogP contribution is -2.47. The van der Waals surface area contributed by atoms with Crippen LogP contribution < -0.4 is 16.4 Å². The van der Waals surface area contributed by atoms with Crippen LogP contribution in [0.2, 0.25) is 5.02 Å². The molecule has 2 heterocycles. The summed E-state index contributed by atoms with van der Waals surface area (Å²) in [6.07, 6.45) is 0.872. The maximum absolute atomic E-state index is 15.1. The monoisotopic (exact) mass is 505 g/mol. The Morgan fingerprint density at radius 2 is 1.94 bits per heavy atom. The molecular weight excluding hydrogens is 484 g/mol. The quantitative estimate of drug-likeness (QED) is 0.424. The maximum Gasteiger partial charge on any atom is 0.323 e. The Morgan fingerprint density at radius 3 is 2.66 bits per heavy atom. The van der Waals surface area contributed by atoms with Gasteiger partial charge in [-0.25, -0.2) is 18.4 Å². The van der Waals surface area contributed by atoms with E-state index < -0.39 is 55.1 Å². The fraction of sp³-hybridized carbons (Fsp3) is 0.261. The van der Waals surface area contributed by atoms with Gasteiger partial charge in [0.25, 0.3) is 0 Å². The van der Waals surface area contributed by atoms with Crippen LogP contribution in [0, 0.1) is 5.82 Å². The predicted molar refractivity (Wildman–Crippen MR) is 125 cm³/mol. The normalized spacial score (nSPS) is 19.7. The summed E-state index contributed by atoms with van der Waals surface area (Å²) in [6, 6.07) is 8.12. The van der Waals surface area contributed by atoms with Crippen LogP contribution in [0.25, 0.3) is 10.9 Å². The summed E-state index contributed by atoms with van der Waals surface area (Å²) in [4.78, 5) is 38.7. The molecule has 1 aromatic heterocycles. The molecule has 1 aliphatic rings. The van der Waals surface area contributed by atoms with Crippen molar-refractivity contribution in [2.75, 3.05) is 18.5 Å². The van der Waals surface area contributed by atoms with Crippen molar-refractivity contribution >= 4 is 46.2 Å². The highest BCUT2D eigenvalue weighted by atomic mass is 35.5. The van der Waals surface area contributed by atoms with Gasteiger partial charge in [0.05, 0.1) is 29.4 Å². The third-order valence-corrected chi connectivity index (χ3v) is 6.20. The number of hydrogen-bond donors (Lipinski definition) is 4. The van der Waals surface area contributed by atoms with E-state index in [1.807, 2.05) is 0 Å². The first-order chi connectivity index (χ1) is 16.6. The fourth-order valence-corrected chi connectivity index (χ4v) is 4.33. The van der Waals surface area contributed by atoms with Crippen LogP contribution in [-0.4, -0.2) is 57.4 Å². The summed E-state index contributed by atoms with van der Waals surface area (Å²) >= 11 is 5.76. The van der Waals surface area contributed by atoms with E-state index in [-0.39, 0.29) is 22.8 Å². The molecule has 35 heavy (non-hydrogen) atoms. The Labute approximate surface area is 203 Å². The highest BCUT2D eigenvalue weighted by Gasteiger charge is 2.49. The minimum absolute atomic E-state index is 0.114. The number of aliphatic hydroxyl groups is 1. The minimum Gasteiger partial charge on any atom is -0.393 e. The number of aromatic nitrogens is 1. The van der Waals surface area contributed by atoms with E-state index in [1.54, 1.807) is 24.3 Å². The van der Waals surface area contributed by atoms with Gasteiger partial charge in [-0.2, -0.15) is 0 Å². The second kappa shape index (κ2) is 9.51. The molecule has 0 aliphatic carbocycles. The van der Waals surface area contributed by atoms with Gasteiger partial charge in [0.1, 0.15) is 11.9 Å². The number of nitrogens with zero attached hydrogens (tertiary/aromatic N) is 2. The van der Waals surface area contributed by atoms with Crippen LogP contribution in [0.15, 0.2) is 48.7 Å². The molecule has 0 spiro atoms. The number of carbonyl (C=O) groups is 3. The second-order valence-electron chi connectivity index (χ2n) is 8.29. The average Bonchev–Trinajstić information content (AvgIpc) is 3.39. The van der Waals surface area contributed by atoms with Gasteiger partial charge in [-0.15, -0.1) is 0 Å². The first-order valence-corrected chi connectivity index (χ1v) is 11.0. The number of halogens is 3. The molecule has 2 atom stereocenters. The summed E-state index contributed by atoms with van der Waals surface area (Å²) in [6.45, 7) is -1.68. The average molecular weight is 506 g/mol. The first kappa shape index (κ1) is 24.4. The lowest BCUT2D eigenvalue weighted by molar-refractivity contribution is -0.124. The molecule has 5 N–H and O–H groups in total. The standard InChI is InChI=1S/C23H22ClF2N5O4/c24-15-6-3-4-13(19(15)25)9-28-20(33)18-8-23(26,12-32)11-31(18)22(35)29-16-10-30(21(27)34)17-7-2-1-5-14(16)17/h1-7,10,18,32H,8-9,11-12H2,(H2,27,34)(H,28,33)(H,29,35)/t18-,23+/m0/s1. The molecule has 0 unspecified atom stereocenters. The van der Waals surface area contributed by atoms with Crippen LogP contribution in [0.1, 0.15) is 12.0 Å². The molecule has 1 saturated heterocycles. The smallest absolute Gasteiger partial charge is 0.323 e. The van der Waals surface area contributed by atoms with Crippen molar-refractivity contribution in [1.82, 2.24) is 14.8 Å². The number of nitrogens with two attached hydrogens (primary N) is 1. The highest BCUT2D eigenvalue weighted by molar-refractivity contribution is 6.30. The zero-order chi connectivity index (χ0) is 25.3. The number of benzene rings is 2. The second-order valence-corrected chi connectivity index (χ2v) is 8.69. The van der Waals surface area contributed by atoms with E-state index in [0.717, 1.165) is 9.47 Å². The van der Waals surface area contributed by atoms with E-state index in [2.05, 4.69) is 10.6 Å². The molecule has 9 nitrogen and oxygen atoms in total. The summed E-state index contributed by atoms with van der Waals surface area (Å²) in [5.74, 6) is -1.43. The van der Waals surface area contributed by atoms with E-state index in [4.69, 9.17) is 17.3 Å². The number of aliphatic hydroxyl groups excluding tert-OH is 1. The van der Waals surface area contributed by atoms with Crippen LogP contribution >= 0.6 is 11.6 Å². The van der Waals surface area contributed by atoms with E-state index in [0.29, 0.717) is 10.9 Å². The molecule has 4 rings (SSSR count). The molecule has 4 amide bonds. The number of rotatable bonds is 5. The van der Waals surface area contributed by atoms with E-state index in [1.165, 1.54) is 24.4 Å². The summed E-state index contributed by atoms with van der Waals surface area (Å²) in [7, 11) is 0. The van der Waals surface area contributed by atoms with Gasteiger partial charge in [-0.05, 0) is 12.1 Å². The minimum atomic E-state index is -2.21. The van der Waals surface area contributed by atoms with Gasteiger partial charge < -0.3 is 26.4 Å². The Hall–Kier alpha value is -3.70. The van der Waals surface area contributed by atoms with Crippen molar-refractivity contribution in [3.05, 3.63) is 65.1 Å². The van der Waals surface area contributed by atoms with E-state index >= 15 is 4.39 Å². The highest BCUT2D eigenvalue weighted by Crippen LogP contribution is 2.32. The third-order valence-electron chi connectivity index (χ3n) is 5.91. The molecule has 3 aromatic rings. The zero-order valence-corrected chi connectivity index (χ0v) is 19.1. The van der Waals surface area contributed by atoms with Crippen molar-refractivity contribution in [2.24, 2.45) is 5.73 Å². The number of hydrogen-bond acceptors (Lipinski definition) is 4. The van der Waals surface area contributed by atoms with Crippen LogP contribution in [0.4, 0.5) is 24.1 Å². The number of anilines is 1. The van der Waals surface area contributed by atoms with Crippen molar-refractivity contribution in [1.29, 1.82) is 0 Å². The Morgan fingerprint density at radius 1 is 1.20 bits per heavy atom. The summed E-state index contributed by atoms with van der Waals surface area (Å²) in [5.41, 5.74) is 3.99. The number of carbonyl (C=O) groups excluding carboxylic acids is 3. The summed E-state index contributed by atoms with van der Waals surface area (Å²) < 4.78 is 30.3.